The maximum absolute atomic E-state index is 12.0. The quantitative estimate of drug-likeness (QED) is 0.347. The van der Waals surface area contributed by atoms with Crippen LogP contribution in [0.15, 0.2) is 35.2 Å². The zero-order chi connectivity index (χ0) is 12.2. The van der Waals surface area contributed by atoms with Crippen molar-refractivity contribution in [3.8, 4) is 0 Å². The summed E-state index contributed by atoms with van der Waals surface area (Å²) in [5, 5.41) is 1.48. The maximum atomic E-state index is 12.0. The fraction of sp³-hybridized carbons (Fsp3) is 0.0769. The van der Waals surface area contributed by atoms with Crippen LogP contribution in [0.25, 0.3) is 10.8 Å². The van der Waals surface area contributed by atoms with Crippen LogP contribution >= 0.6 is 0 Å². The molecule has 2 amide bonds. The molecule has 2 aromatic rings. The number of carbonyl (C=O) groups is 2. The minimum Gasteiger partial charge on any atom is -0.779 e. The van der Waals surface area contributed by atoms with Gasteiger partial charge in [-0.2, -0.15) is 4.90 Å². The summed E-state index contributed by atoms with van der Waals surface area (Å²) in [5.41, 5.74) is 1.10. The zero-order valence-electron chi connectivity index (χ0n) is 10.1. The summed E-state index contributed by atoms with van der Waals surface area (Å²) in [6.07, 6.45) is 0. The SMILES string of the molecule is CN1C(=O)c2cccc3c([S-])ccc(c23)C1=O.[Na+]. The molecule has 1 heterocycles. The Balaban J connectivity index is 0.00000120. The molecule has 1 aliphatic heterocycles. The summed E-state index contributed by atoms with van der Waals surface area (Å²) >= 11 is 5.22. The minimum atomic E-state index is -0.270. The maximum Gasteiger partial charge on any atom is 1.00 e. The summed E-state index contributed by atoms with van der Waals surface area (Å²) in [7, 11) is 1.49. The van der Waals surface area contributed by atoms with E-state index in [1.165, 1.54) is 7.05 Å². The van der Waals surface area contributed by atoms with Crippen molar-refractivity contribution >= 4 is 35.2 Å². The second-order valence-corrected chi connectivity index (χ2v) is 4.45. The fourth-order valence-electron chi connectivity index (χ4n) is 2.19. The van der Waals surface area contributed by atoms with Crippen molar-refractivity contribution in [1.82, 2.24) is 4.90 Å². The van der Waals surface area contributed by atoms with Gasteiger partial charge in [0.1, 0.15) is 0 Å². The molecular formula is C13H8NNaO2S. The number of amides is 2. The molecule has 0 fully saturated rings. The van der Waals surface area contributed by atoms with E-state index in [0.717, 1.165) is 10.3 Å². The van der Waals surface area contributed by atoms with Gasteiger partial charge in [-0.1, -0.05) is 24.3 Å². The minimum absolute atomic E-state index is 0. The molecule has 0 aromatic heterocycles. The Bertz CT molecular complexity index is 662. The molecule has 0 saturated heterocycles. The number of carbonyl (C=O) groups excluding carboxylic acids is 2. The summed E-state index contributed by atoms with van der Waals surface area (Å²) in [4.78, 5) is 25.8. The average Bonchev–Trinajstić information content (AvgIpc) is 2.35. The predicted molar refractivity (Wildman–Crippen MR) is 66.0 cm³/mol. The third kappa shape index (κ3) is 1.68. The van der Waals surface area contributed by atoms with E-state index < -0.39 is 0 Å². The standard InChI is InChI=1S/C13H9NO2S.Na/c1-14-12(15)8-4-2-3-7-10(17)6-5-9(11(7)8)13(14)16;/h2-6,17H,1H3;/q;+1/p-1. The van der Waals surface area contributed by atoms with Crippen LogP contribution in [-0.2, 0) is 12.6 Å². The third-order valence-corrected chi connectivity index (χ3v) is 3.43. The third-order valence-electron chi connectivity index (χ3n) is 3.07. The van der Waals surface area contributed by atoms with Gasteiger partial charge in [0.25, 0.3) is 11.8 Å². The largest absolute Gasteiger partial charge is 1.00 e. The average molecular weight is 265 g/mol. The number of rotatable bonds is 0. The molecule has 5 heteroatoms. The monoisotopic (exact) mass is 265 g/mol. The van der Waals surface area contributed by atoms with E-state index in [2.05, 4.69) is 0 Å². The Morgan fingerprint density at radius 2 is 1.61 bits per heavy atom. The van der Waals surface area contributed by atoms with Crippen molar-refractivity contribution < 1.29 is 39.1 Å². The van der Waals surface area contributed by atoms with Crippen molar-refractivity contribution in [1.29, 1.82) is 0 Å². The topological polar surface area (TPSA) is 37.4 Å². The van der Waals surface area contributed by atoms with Gasteiger partial charge in [-0.15, -0.1) is 0 Å². The van der Waals surface area contributed by atoms with Crippen LogP contribution in [-0.4, -0.2) is 23.8 Å². The van der Waals surface area contributed by atoms with Crippen molar-refractivity contribution in [2.45, 2.75) is 4.90 Å². The summed E-state index contributed by atoms with van der Waals surface area (Å²) < 4.78 is 0. The summed E-state index contributed by atoms with van der Waals surface area (Å²) in [6, 6.07) is 8.79. The van der Waals surface area contributed by atoms with Crippen LogP contribution in [0.3, 0.4) is 0 Å². The van der Waals surface area contributed by atoms with E-state index in [9.17, 15) is 9.59 Å². The first-order chi connectivity index (χ1) is 8.11. The Kier molecular flexibility index (Phi) is 3.47. The van der Waals surface area contributed by atoms with Crippen molar-refractivity contribution in [2.75, 3.05) is 7.05 Å². The molecule has 0 saturated carbocycles. The predicted octanol–water partition coefficient (Wildman–Crippen LogP) is -1.02. The summed E-state index contributed by atoms with van der Waals surface area (Å²) in [6.45, 7) is 0. The van der Waals surface area contributed by atoms with Crippen LogP contribution in [0.2, 0.25) is 0 Å². The molecule has 0 spiro atoms. The molecule has 0 radical (unpaired) electrons. The molecule has 84 valence electrons. The van der Waals surface area contributed by atoms with Gasteiger partial charge < -0.3 is 12.6 Å². The Morgan fingerprint density at radius 1 is 1.00 bits per heavy atom. The number of hydrogen-bond donors (Lipinski definition) is 0. The van der Waals surface area contributed by atoms with Crippen LogP contribution in [0.5, 0.6) is 0 Å². The molecule has 0 N–H and O–H groups in total. The second kappa shape index (κ2) is 4.63. The molecule has 2 aromatic carbocycles. The van der Waals surface area contributed by atoms with Crippen LogP contribution in [0.4, 0.5) is 0 Å². The van der Waals surface area contributed by atoms with Gasteiger partial charge in [0, 0.05) is 23.6 Å². The molecule has 0 bridgehead atoms. The number of hydrogen-bond acceptors (Lipinski definition) is 3. The van der Waals surface area contributed by atoms with Gasteiger partial charge in [0.15, 0.2) is 0 Å². The van der Waals surface area contributed by atoms with Gasteiger partial charge in [-0.05, 0) is 11.5 Å². The van der Waals surface area contributed by atoms with Crippen LogP contribution in [0, 0.1) is 0 Å². The van der Waals surface area contributed by atoms with E-state index in [1.807, 2.05) is 6.07 Å². The van der Waals surface area contributed by atoms with E-state index in [4.69, 9.17) is 12.6 Å². The van der Waals surface area contributed by atoms with E-state index >= 15 is 0 Å². The molecule has 3 nitrogen and oxygen atoms in total. The summed E-state index contributed by atoms with van der Waals surface area (Å²) in [5.74, 6) is -0.539. The first-order valence-electron chi connectivity index (χ1n) is 5.16. The molecule has 3 rings (SSSR count). The van der Waals surface area contributed by atoms with Crippen molar-refractivity contribution in [3.05, 3.63) is 41.5 Å². The van der Waals surface area contributed by atoms with E-state index in [1.54, 1.807) is 24.3 Å². The molecule has 18 heavy (non-hydrogen) atoms. The number of imide groups is 1. The first-order valence-corrected chi connectivity index (χ1v) is 5.57. The van der Waals surface area contributed by atoms with Crippen molar-refractivity contribution in [3.63, 3.8) is 0 Å². The van der Waals surface area contributed by atoms with Gasteiger partial charge >= 0.3 is 29.6 Å². The Morgan fingerprint density at radius 3 is 2.28 bits per heavy atom. The van der Waals surface area contributed by atoms with Crippen LogP contribution in [0.1, 0.15) is 20.7 Å². The molecule has 1 aliphatic rings. The van der Waals surface area contributed by atoms with Gasteiger partial charge in [-0.25, -0.2) is 0 Å². The fourth-order valence-corrected chi connectivity index (χ4v) is 2.43. The van der Waals surface area contributed by atoms with E-state index in [-0.39, 0.29) is 41.4 Å². The molecule has 0 aliphatic carbocycles. The zero-order valence-corrected chi connectivity index (χ0v) is 12.9. The number of benzene rings is 2. The van der Waals surface area contributed by atoms with Gasteiger partial charge in [0.05, 0.1) is 0 Å². The second-order valence-electron chi connectivity index (χ2n) is 4.01. The number of nitrogens with zero attached hydrogens (tertiary/aromatic N) is 1. The molecule has 0 atom stereocenters. The normalized spacial score (nSPS) is 13.7. The molecular weight excluding hydrogens is 257 g/mol. The first kappa shape index (κ1) is 13.5. The Hall–Kier alpha value is -0.940. The van der Waals surface area contributed by atoms with Gasteiger partial charge in [0.2, 0.25) is 0 Å². The van der Waals surface area contributed by atoms with Crippen LogP contribution < -0.4 is 29.6 Å². The van der Waals surface area contributed by atoms with Gasteiger partial charge in [-0.3, -0.25) is 14.5 Å². The Labute approximate surface area is 132 Å². The smallest absolute Gasteiger partial charge is 0.779 e. The van der Waals surface area contributed by atoms with E-state index in [0.29, 0.717) is 21.4 Å². The van der Waals surface area contributed by atoms with Crippen molar-refractivity contribution in [2.24, 2.45) is 0 Å². The molecule has 0 unspecified atom stereocenters.